The first-order valence-corrected chi connectivity index (χ1v) is 14.4. The number of nitro benzene ring substituents is 2. The number of ether oxygens (including phenoxy) is 2. The SMILES string of the molecule is COc1ccc(C(=O)[C@@H]2[C@H](c3cccc([N+](=O)[O-])c3)C(C#N)(C#N)[C@@H](c3cccc([N+](=O)[O-])c3)C[C@@]2(O)c2ccc(OC)cc2)cc1. The van der Waals surface area contributed by atoms with Gasteiger partial charge in [0.1, 0.15) is 17.1 Å². The van der Waals surface area contributed by atoms with Gasteiger partial charge in [-0.3, -0.25) is 25.0 Å². The van der Waals surface area contributed by atoms with Crippen LogP contribution in [0.5, 0.6) is 11.5 Å². The van der Waals surface area contributed by atoms with E-state index >= 15 is 0 Å². The Morgan fingerprint density at radius 3 is 1.79 bits per heavy atom. The van der Waals surface area contributed by atoms with Crippen LogP contribution in [0.15, 0.2) is 97.1 Å². The van der Waals surface area contributed by atoms with Gasteiger partial charge in [-0.2, -0.15) is 10.5 Å². The molecule has 12 heteroatoms. The van der Waals surface area contributed by atoms with Crippen molar-refractivity contribution in [3.8, 4) is 23.6 Å². The van der Waals surface area contributed by atoms with Gasteiger partial charge in [-0.15, -0.1) is 0 Å². The lowest BCUT2D eigenvalue weighted by atomic mass is 9.48. The number of carbonyl (C=O) groups is 1. The lowest BCUT2D eigenvalue weighted by molar-refractivity contribution is -0.385. The Hall–Kier alpha value is -6.11. The third-order valence-corrected chi connectivity index (χ3v) is 8.94. The molecule has 1 saturated carbocycles. The van der Waals surface area contributed by atoms with Gasteiger partial charge in [0.05, 0.1) is 42.1 Å². The van der Waals surface area contributed by atoms with Crippen molar-refractivity contribution in [1.82, 2.24) is 0 Å². The second kappa shape index (κ2) is 12.7. The molecule has 5 rings (SSSR count). The predicted molar refractivity (Wildman–Crippen MR) is 168 cm³/mol. The Kier molecular flexibility index (Phi) is 8.73. The molecule has 47 heavy (non-hydrogen) atoms. The van der Waals surface area contributed by atoms with Crippen molar-refractivity contribution in [2.45, 2.75) is 23.9 Å². The summed E-state index contributed by atoms with van der Waals surface area (Å²) < 4.78 is 10.5. The van der Waals surface area contributed by atoms with Crippen molar-refractivity contribution >= 4 is 17.2 Å². The number of nitro groups is 2. The van der Waals surface area contributed by atoms with E-state index in [1.165, 1.54) is 74.9 Å². The Morgan fingerprint density at radius 1 is 0.809 bits per heavy atom. The number of methoxy groups -OCH3 is 2. The van der Waals surface area contributed by atoms with Crippen LogP contribution >= 0.6 is 0 Å². The number of nitriles is 2. The fourth-order valence-corrected chi connectivity index (χ4v) is 6.68. The van der Waals surface area contributed by atoms with E-state index in [1.54, 1.807) is 36.4 Å². The Bertz CT molecular complexity index is 1920. The maximum absolute atomic E-state index is 14.8. The number of carbonyl (C=O) groups excluding carboxylic acids is 1. The maximum atomic E-state index is 14.8. The number of non-ortho nitro benzene ring substituents is 2. The van der Waals surface area contributed by atoms with Crippen LogP contribution in [0.3, 0.4) is 0 Å². The molecule has 1 aliphatic rings. The zero-order chi connectivity index (χ0) is 33.9. The summed E-state index contributed by atoms with van der Waals surface area (Å²) >= 11 is 0. The summed E-state index contributed by atoms with van der Waals surface area (Å²) in [6.45, 7) is 0. The van der Waals surface area contributed by atoms with Crippen LogP contribution in [0.4, 0.5) is 11.4 Å². The molecule has 0 aromatic heterocycles. The molecule has 236 valence electrons. The van der Waals surface area contributed by atoms with Crippen molar-refractivity contribution in [3.63, 3.8) is 0 Å². The number of nitrogens with zero attached hydrogens (tertiary/aromatic N) is 4. The second-order valence-corrected chi connectivity index (χ2v) is 11.3. The predicted octanol–water partition coefficient (Wildman–Crippen LogP) is 6.21. The first-order chi connectivity index (χ1) is 22.5. The van der Waals surface area contributed by atoms with Crippen LogP contribution < -0.4 is 9.47 Å². The molecule has 0 aliphatic heterocycles. The number of rotatable bonds is 9. The minimum absolute atomic E-state index is 0.0937. The molecule has 0 heterocycles. The lowest BCUT2D eigenvalue weighted by Crippen LogP contribution is -2.55. The topological polar surface area (TPSA) is 190 Å². The van der Waals surface area contributed by atoms with Crippen LogP contribution in [-0.4, -0.2) is 35.0 Å². The van der Waals surface area contributed by atoms with E-state index < -0.39 is 44.4 Å². The zero-order valence-corrected chi connectivity index (χ0v) is 25.3. The smallest absolute Gasteiger partial charge is 0.269 e. The molecule has 1 fully saturated rings. The Labute approximate surface area is 269 Å². The van der Waals surface area contributed by atoms with E-state index in [2.05, 4.69) is 12.1 Å². The number of hydrogen-bond acceptors (Lipinski definition) is 10. The molecular weight excluding hydrogens is 604 g/mol. The summed E-state index contributed by atoms with van der Waals surface area (Å²) in [4.78, 5) is 37.2. The zero-order valence-electron chi connectivity index (χ0n) is 25.3. The van der Waals surface area contributed by atoms with Crippen molar-refractivity contribution in [3.05, 3.63) is 140 Å². The standard InChI is InChI=1S/C35H28N4O8/c1-46-28-13-9-22(10-14-28)33(40)32-31(24-6-4-8-27(18-24)39(44)45)34(20-36,21-37)30(23-5-3-7-26(17-23)38(42)43)19-35(32,41)25-11-15-29(47-2)16-12-25/h3-18,30-32,41H,19H2,1-2H3/t30-,31+,32+,35-/m1/s1. The molecule has 0 amide bonds. The summed E-state index contributed by atoms with van der Waals surface area (Å²) in [6, 6.07) is 27.3. The fraction of sp³-hybridized carbons (Fsp3) is 0.229. The summed E-state index contributed by atoms with van der Waals surface area (Å²) in [6.07, 6.45) is -0.375. The highest BCUT2D eigenvalue weighted by atomic mass is 16.6. The van der Waals surface area contributed by atoms with E-state index in [-0.39, 0.29) is 40.0 Å². The number of Topliss-reactive ketones (excluding diaryl/α,β-unsaturated/α-hetero) is 1. The first-order valence-electron chi connectivity index (χ1n) is 14.4. The average Bonchev–Trinajstić information content (AvgIpc) is 3.11. The van der Waals surface area contributed by atoms with Crippen LogP contribution in [0.1, 0.15) is 45.3 Å². The molecule has 0 saturated heterocycles. The Balaban J connectivity index is 1.88. The molecule has 1 N–H and O–H groups in total. The molecule has 1 aliphatic carbocycles. The highest BCUT2D eigenvalue weighted by Gasteiger charge is 2.64. The van der Waals surface area contributed by atoms with Gasteiger partial charge in [-0.1, -0.05) is 36.4 Å². The third kappa shape index (κ3) is 5.63. The fourth-order valence-electron chi connectivity index (χ4n) is 6.68. The van der Waals surface area contributed by atoms with Crippen molar-refractivity contribution in [2.75, 3.05) is 14.2 Å². The van der Waals surface area contributed by atoms with E-state index in [0.717, 1.165) is 0 Å². The molecule has 12 nitrogen and oxygen atoms in total. The van der Waals surface area contributed by atoms with Crippen LogP contribution in [0, 0.1) is 54.2 Å². The Morgan fingerprint density at radius 2 is 1.30 bits per heavy atom. The largest absolute Gasteiger partial charge is 0.497 e. The van der Waals surface area contributed by atoms with E-state index in [0.29, 0.717) is 11.5 Å². The minimum Gasteiger partial charge on any atom is -0.497 e. The van der Waals surface area contributed by atoms with E-state index in [1.807, 2.05) is 0 Å². The molecular formula is C35H28N4O8. The number of ketones is 1. The maximum Gasteiger partial charge on any atom is 0.269 e. The molecule has 4 aromatic carbocycles. The first kappa shape index (κ1) is 32.3. The number of benzene rings is 4. The summed E-state index contributed by atoms with van der Waals surface area (Å²) in [5, 5.41) is 58.5. The summed E-state index contributed by atoms with van der Waals surface area (Å²) in [5.41, 5.74) is -4.22. The van der Waals surface area contributed by atoms with E-state index in [4.69, 9.17) is 9.47 Å². The molecule has 4 atom stereocenters. The molecule has 0 spiro atoms. The minimum atomic E-state index is -2.14. The average molecular weight is 633 g/mol. The molecule has 0 radical (unpaired) electrons. The van der Waals surface area contributed by atoms with E-state index in [9.17, 15) is 40.7 Å². The molecule has 4 aromatic rings. The highest BCUT2D eigenvalue weighted by molar-refractivity contribution is 6.00. The van der Waals surface area contributed by atoms with Crippen LogP contribution in [0.25, 0.3) is 0 Å². The van der Waals surface area contributed by atoms with Gasteiger partial charge in [0.25, 0.3) is 11.4 Å². The van der Waals surface area contributed by atoms with Crippen molar-refractivity contribution in [2.24, 2.45) is 11.3 Å². The quantitative estimate of drug-likeness (QED) is 0.126. The number of hydrogen-bond donors (Lipinski definition) is 1. The molecule has 0 bridgehead atoms. The summed E-state index contributed by atoms with van der Waals surface area (Å²) in [5.74, 6) is -3.92. The monoisotopic (exact) mass is 632 g/mol. The van der Waals surface area contributed by atoms with Gasteiger partial charge < -0.3 is 14.6 Å². The third-order valence-electron chi connectivity index (χ3n) is 8.94. The van der Waals surface area contributed by atoms with Crippen molar-refractivity contribution in [1.29, 1.82) is 10.5 Å². The number of aliphatic hydroxyl groups is 1. The van der Waals surface area contributed by atoms with Crippen molar-refractivity contribution < 1.29 is 29.2 Å². The second-order valence-electron chi connectivity index (χ2n) is 11.3. The van der Waals surface area contributed by atoms with Gasteiger partial charge in [0.2, 0.25) is 0 Å². The summed E-state index contributed by atoms with van der Waals surface area (Å²) in [7, 11) is 2.92. The van der Waals surface area contributed by atoms with Crippen LogP contribution in [-0.2, 0) is 5.60 Å². The normalized spacial score (nSPS) is 21.4. The lowest BCUT2D eigenvalue weighted by Gasteiger charge is -2.53. The van der Waals surface area contributed by atoms with Crippen LogP contribution in [0.2, 0.25) is 0 Å². The highest BCUT2D eigenvalue weighted by Crippen LogP contribution is 2.63. The van der Waals surface area contributed by atoms with Gasteiger partial charge >= 0.3 is 0 Å². The molecule has 0 unspecified atom stereocenters. The van der Waals surface area contributed by atoms with Gasteiger partial charge in [-0.25, -0.2) is 0 Å². The van der Waals surface area contributed by atoms with Gasteiger partial charge in [-0.05, 0) is 59.5 Å². The van der Waals surface area contributed by atoms with Gasteiger partial charge in [0.15, 0.2) is 11.2 Å². The van der Waals surface area contributed by atoms with Gasteiger partial charge in [0, 0.05) is 41.7 Å².